The van der Waals surface area contributed by atoms with Gasteiger partial charge in [-0.3, -0.25) is 4.79 Å². The third-order valence-electron chi connectivity index (χ3n) is 3.55. The van der Waals surface area contributed by atoms with E-state index in [-0.39, 0.29) is 11.9 Å². The van der Waals surface area contributed by atoms with Crippen LogP contribution in [0.3, 0.4) is 0 Å². The molecule has 0 atom stereocenters. The first-order chi connectivity index (χ1) is 9.72. The van der Waals surface area contributed by atoms with E-state index in [1.807, 2.05) is 35.4 Å². The van der Waals surface area contributed by atoms with Crippen LogP contribution >= 0.6 is 11.6 Å². The number of nitrogens with zero attached hydrogens (tertiary/aromatic N) is 4. The van der Waals surface area contributed by atoms with E-state index in [4.69, 9.17) is 11.6 Å². The molecule has 2 heterocycles. The van der Waals surface area contributed by atoms with E-state index in [9.17, 15) is 4.79 Å². The molecule has 0 bridgehead atoms. The molecular weight excluding hydrogens is 276 g/mol. The van der Waals surface area contributed by atoms with Crippen molar-refractivity contribution in [1.82, 2.24) is 19.9 Å². The van der Waals surface area contributed by atoms with Crippen LogP contribution in [0.25, 0.3) is 0 Å². The molecule has 0 spiro atoms. The first kappa shape index (κ1) is 13.1. The van der Waals surface area contributed by atoms with E-state index >= 15 is 0 Å². The van der Waals surface area contributed by atoms with Gasteiger partial charge < -0.3 is 4.90 Å². The summed E-state index contributed by atoms with van der Waals surface area (Å²) >= 11 is 5.93. The minimum Gasteiger partial charge on any atom is -0.338 e. The number of likely N-dealkylation sites (tertiary alicyclic amines) is 1. The third-order valence-corrected chi connectivity index (χ3v) is 3.78. The average Bonchev–Trinajstić information content (AvgIpc) is 2.88. The van der Waals surface area contributed by atoms with E-state index in [2.05, 4.69) is 10.3 Å². The van der Waals surface area contributed by atoms with Crippen molar-refractivity contribution in [2.75, 3.05) is 13.1 Å². The molecular formula is C14H15ClN4O. The second-order valence-electron chi connectivity index (χ2n) is 4.97. The van der Waals surface area contributed by atoms with E-state index in [1.165, 1.54) is 0 Å². The molecule has 1 aromatic carbocycles. The molecule has 0 saturated carbocycles. The number of carbonyl (C=O) groups excluding carboxylic acids is 1. The summed E-state index contributed by atoms with van der Waals surface area (Å²) in [6.45, 7) is 1.44. The SMILES string of the molecule is O=C(CCc1cccc(Cl)c1)N1CC(n2ccnn2)C1. The predicted molar refractivity (Wildman–Crippen MR) is 75.4 cm³/mol. The lowest BCUT2D eigenvalue weighted by Crippen LogP contribution is -2.50. The molecule has 20 heavy (non-hydrogen) atoms. The number of aromatic nitrogens is 3. The fourth-order valence-corrected chi connectivity index (χ4v) is 2.55. The molecule has 2 aromatic rings. The molecule has 5 nitrogen and oxygen atoms in total. The van der Waals surface area contributed by atoms with Gasteiger partial charge in [-0.05, 0) is 24.1 Å². The van der Waals surface area contributed by atoms with Crippen LogP contribution in [0.5, 0.6) is 0 Å². The molecule has 0 radical (unpaired) electrons. The van der Waals surface area contributed by atoms with E-state index in [1.54, 1.807) is 10.9 Å². The van der Waals surface area contributed by atoms with Gasteiger partial charge in [0.1, 0.15) is 0 Å². The smallest absolute Gasteiger partial charge is 0.223 e. The Balaban J connectivity index is 1.47. The number of hydrogen-bond donors (Lipinski definition) is 0. The van der Waals surface area contributed by atoms with Crippen molar-refractivity contribution in [3.8, 4) is 0 Å². The van der Waals surface area contributed by atoms with E-state index in [0.717, 1.165) is 25.1 Å². The highest BCUT2D eigenvalue weighted by Crippen LogP contribution is 2.21. The lowest BCUT2D eigenvalue weighted by Gasteiger charge is -2.38. The lowest BCUT2D eigenvalue weighted by atomic mass is 10.1. The molecule has 0 N–H and O–H groups in total. The summed E-state index contributed by atoms with van der Waals surface area (Å²) in [7, 11) is 0. The van der Waals surface area contributed by atoms with Crippen LogP contribution in [0.15, 0.2) is 36.7 Å². The first-order valence-electron chi connectivity index (χ1n) is 6.60. The van der Waals surface area contributed by atoms with Crippen LogP contribution in [-0.4, -0.2) is 38.9 Å². The zero-order valence-corrected chi connectivity index (χ0v) is 11.7. The zero-order valence-electron chi connectivity index (χ0n) is 10.9. The molecule has 3 rings (SSSR count). The highest BCUT2D eigenvalue weighted by Gasteiger charge is 2.31. The van der Waals surface area contributed by atoms with E-state index < -0.39 is 0 Å². The Bertz CT molecular complexity index is 593. The number of benzene rings is 1. The van der Waals surface area contributed by atoms with Crippen LogP contribution in [0, 0.1) is 0 Å². The number of hydrogen-bond acceptors (Lipinski definition) is 3. The Morgan fingerprint density at radius 3 is 2.95 bits per heavy atom. The van der Waals surface area contributed by atoms with Crippen molar-refractivity contribution in [3.63, 3.8) is 0 Å². The Morgan fingerprint density at radius 2 is 2.25 bits per heavy atom. The van der Waals surface area contributed by atoms with E-state index in [0.29, 0.717) is 11.4 Å². The molecule has 0 aliphatic carbocycles. The molecule has 1 amide bonds. The normalized spacial score (nSPS) is 15.2. The van der Waals surface area contributed by atoms with Gasteiger partial charge in [-0.15, -0.1) is 5.10 Å². The molecule has 1 aromatic heterocycles. The van der Waals surface area contributed by atoms with Crippen molar-refractivity contribution in [3.05, 3.63) is 47.2 Å². The highest BCUT2D eigenvalue weighted by molar-refractivity contribution is 6.30. The second-order valence-corrected chi connectivity index (χ2v) is 5.40. The average molecular weight is 291 g/mol. The van der Waals surface area contributed by atoms with Gasteiger partial charge >= 0.3 is 0 Å². The van der Waals surface area contributed by atoms with Gasteiger partial charge in [0, 0.05) is 30.7 Å². The highest BCUT2D eigenvalue weighted by atomic mass is 35.5. The topological polar surface area (TPSA) is 51.0 Å². The standard InChI is InChI=1S/C14H15ClN4O/c15-12-3-1-2-11(8-12)4-5-14(20)18-9-13(10-18)19-7-6-16-17-19/h1-3,6-8,13H,4-5,9-10H2. The largest absolute Gasteiger partial charge is 0.338 e. The summed E-state index contributed by atoms with van der Waals surface area (Å²) in [6, 6.07) is 7.92. The number of carbonyl (C=O) groups is 1. The zero-order chi connectivity index (χ0) is 13.9. The predicted octanol–water partition coefficient (Wildman–Crippen LogP) is 1.95. The summed E-state index contributed by atoms with van der Waals surface area (Å²) in [6.07, 6.45) is 4.73. The van der Waals surface area contributed by atoms with Crippen LogP contribution in [0.1, 0.15) is 18.0 Å². The third kappa shape index (κ3) is 2.82. The van der Waals surface area contributed by atoms with Crippen molar-refractivity contribution >= 4 is 17.5 Å². The van der Waals surface area contributed by atoms with Gasteiger partial charge in [0.05, 0.1) is 12.2 Å². The maximum Gasteiger partial charge on any atom is 0.223 e. The number of halogens is 1. The molecule has 104 valence electrons. The maximum atomic E-state index is 12.0. The number of aryl methyl sites for hydroxylation is 1. The number of amides is 1. The van der Waals surface area contributed by atoms with Gasteiger partial charge in [-0.1, -0.05) is 28.9 Å². The Labute approximate surface area is 122 Å². The van der Waals surface area contributed by atoms with Crippen LogP contribution in [0.4, 0.5) is 0 Å². The second kappa shape index (κ2) is 5.63. The molecule has 1 fully saturated rings. The maximum absolute atomic E-state index is 12.0. The van der Waals surface area contributed by atoms with Gasteiger partial charge in [0.15, 0.2) is 0 Å². The molecule has 6 heteroatoms. The number of rotatable bonds is 4. The minimum absolute atomic E-state index is 0.182. The Kier molecular flexibility index (Phi) is 3.69. The summed E-state index contributed by atoms with van der Waals surface area (Å²) < 4.78 is 1.81. The minimum atomic E-state index is 0.182. The molecule has 0 unspecified atom stereocenters. The summed E-state index contributed by atoms with van der Waals surface area (Å²) in [4.78, 5) is 13.9. The summed E-state index contributed by atoms with van der Waals surface area (Å²) in [5.74, 6) is 0.182. The van der Waals surface area contributed by atoms with Crippen LogP contribution in [0.2, 0.25) is 5.02 Å². The van der Waals surface area contributed by atoms with Crippen molar-refractivity contribution < 1.29 is 4.79 Å². The van der Waals surface area contributed by atoms with Gasteiger partial charge in [0.25, 0.3) is 0 Å². The van der Waals surface area contributed by atoms with Crippen LogP contribution < -0.4 is 0 Å². The summed E-state index contributed by atoms with van der Waals surface area (Å²) in [5, 5.41) is 8.44. The molecule has 1 saturated heterocycles. The Hall–Kier alpha value is -1.88. The monoisotopic (exact) mass is 290 g/mol. The van der Waals surface area contributed by atoms with Crippen molar-refractivity contribution in [2.24, 2.45) is 0 Å². The van der Waals surface area contributed by atoms with Crippen molar-refractivity contribution in [2.45, 2.75) is 18.9 Å². The quantitative estimate of drug-likeness (QED) is 0.865. The van der Waals surface area contributed by atoms with Crippen molar-refractivity contribution in [1.29, 1.82) is 0 Å². The van der Waals surface area contributed by atoms with Gasteiger partial charge in [-0.25, -0.2) is 4.68 Å². The van der Waals surface area contributed by atoms with Gasteiger partial charge in [-0.2, -0.15) is 0 Å². The molecule has 1 aliphatic heterocycles. The fourth-order valence-electron chi connectivity index (χ4n) is 2.34. The van der Waals surface area contributed by atoms with Crippen LogP contribution in [-0.2, 0) is 11.2 Å². The summed E-state index contributed by atoms with van der Waals surface area (Å²) in [5.41, 5.74) is 1.10. The Morgan fingerprint density at radius 1 is 1.40 bits per heavy atom. The van der Waals surface area contributed by atoms with Gasteiger partial charge in [0.2, 0.25) is 5.91 Å². The first-order valence-corrected chi connectivity index (χ1v) is 6.98. The fraction of sp³-hybridized carbons (Fsp3) is 0.357. The molecule has 1 aliphatic rings. The lowest BCUT2D eigenvalue weighted by molar-refractivity contribution is -0.137.